The van der Waals surface area contributed by atoms with E-state index in [1.807, 2.05) is 11.8 Å². The molecule has 0 saturated carbocycles. The summed E-state index contributed by atoms with van der Waals surface area (Å²) >= 11 is 0. The molecule has 3 amide bonds. The Morgan fingerprint density at radius 1 is 1.21 bits per heavy atom. The molecule has 1 aliphatic heterocycles. The van der Waals surface area contributed by atoms with Crippen LogP contribution >= 0.6 is 0 Å². The van der Waals surface area contributed by atoms with Crippen LogP contribution in [0.5, 0.6) is 0 Å². The predicted octanol–water partition coefficient (Wildman–Crippen LogP) is 2.67. The van der Waals surface area contributed by atoms with Gasteiger partial charge in [0.05, 0.1) is 18.0 Å². The molecule has 0 aliphatic carbocycles. The van der Waals surface area contributed by atoms with E-state index in [9.17, 15) is 27.6 Å². The minimum absolute atomic E-state index is 0.0173. The zero-order chi connectivity index (χ0) is 25.2. The SMILES string of the molecule is CC(=O)Nc1cnc(N2CC[C@@H](N(C)C(=O)Nc3cc(C(F)(F)F)cn(C)c3=O)C[C@@H]2C)cn1. The van der Waals surface area contributed by atoms with E-state index >= 15 is 0 Å². The average molecular weight is 481 g/mol. The van der Waals surface area contributed by atoms with Gasteiger partial charge in [-0.3, -0.25) is 9.59 Å². The Hall–Kier alpha value is -3.64. The number of rotatable bonds is 4. The molecule has 184 valence electrons. The van der Waals surface area contributed by atoms with E-state index in [0.29, 0.717) is 43.3 Å². The third-order valence-corrected chi connectivity index (χ3v) is 5.71. The Labute approximate surface area is 193 Å². The van der Waals surface area contributed by atoms with E-state index in [1.54, 1.807) is 13.2 Å². The second-order valence-electron chi connectivity index (χ2n) is 8.26. The van der Waals surface area contributed by atoms with Gasteiger partial charge in [0.15, 0.2) is 5.82 Å². The fraction of sp³-hybridized carbons (Fsp3) is 0.476. The second kappa shape index (κ2) is 9.69. The van der Waals surface area contributed by atoms with Crippen molar-refractivity contribution in [2.75, 3.05) is 29.1 Å². The number of urea groups is 1. The number of piperidine rings is 1. The van der Waals surface area contributed by atoms with Gasteiger partial charge in [-0.1, -0.05) is 0 Å². The number of aryl methyl sites for hydroxylation is 1. The lowest BCUT2D eigenvalue weighted by Gasteiger charge is -2.41. The lowest BCUT2D eigenvalue weighted by molar-refractivity contribution is -0.138. The first-order valence-electron chi connectivity index (χ1n) is 10.5. The number of carbonyl (C=O) groups is 2. The Morgan fingerprint density at radius 3 is 2.47 bits per heavy atom. The van der Waals surface area contributed by atoms with E-state index < -0.39 is 29.0 Å². The van der Waals surface area contributed by atoms with Gasteiger partial charge >= 0.3 is 12.2 Å². The first-order chi connectivity index (χ1) is 15.9. The standard InChI is InChI=1S/C21H26F3N7O3/c1-12-7-15(5-6-31(12)18-10-25-17(9-26-18)27-13(2)32)30(4)20(34)28-16-8-14(21(22,23)24)11-29(3)19(16)33/h8-12,15H,5-7H2,1-4H3,(H,28,34)(H,25,27,32)/t12-,15+/m0/s1. The van der Waals surface area contributed by atoms with Crippen molar-refractivity contribution in [3.63, 3.8) is 0 Å². The van der Waals surface area contributed by atoms with E-state index in [0.717, 1.165) is 4.57 Å². The van der Waals surface area contributed by atoms with Crippen LogP contribution in [0.2, 0.25) is 0 Å². The summed E-state index contributed by atoms with van der Waals surface area (Å²) in [6, 6.07) is -0.242. The highest BCUT2D eigenvalue weighted by molar-refractivity contribution is 5.89. The van der Waals surface area contributed by atoms with Crippen molar-refractivity contribution in [2.24, 2.45) is 7.05 Å². The van der Waals surface area contributed by atoms with Crippen LogP contribution in [0, 0.1) is 0 Å². The maximum Gasteiger partial charge on any atom is 0.417 e. The third-order valence-electron chi connectivity index (χ3n) is 5.71. The largest absolute Gasteiger partial charge is 0.417 e. The quantitative estimate of drug-likeness (QED) is 0.695. The number of pyridine rings is 1. The highest BCUT2D eigenvalue weighted by atomic mass is 19.4. The Kier molecular flexibility index (Phi) is 7.12. The molecule has 13 heteroatoms. The van der Waals surface area contributed by atoms with Crippen LogP contribution in [0.3, 0.4) is 0 Å². The van der Waals surface area contributed by atoms with Crippen LogP contribution in [0.15, 0.2) is 29.5 Å². The lowest BCUT2D eigenvalue weighted by Crippen LogP contribution is -2.51. The molecule has 10 nitrogen and oxygen atoms in total. The number of alkyl halides is 3. The summed E-state index contributed by atoms with van der Waals surface area (Å²) in [5, 5.41) is 4.87. The first kappa shape index (κ1) is 25.0. The molecule has 34 heavy (non-hydrogen) atoms. The minimum atomic E-state index is -4.65. The van der Waals surface area contributed by atoms with Crippen molar-refractivity contribution >= 4 is 29.3 Å². The fourth-order valence-electron chi connectivity index (χ4n) is 3.88. The lowest BCUT2D eigenvalue weighted by atomic mass is 9.97. The van der Waals surface area contributed by atoms with Crippen molar-refractivity contribution in [2.45, 2.75) is 44.9 Å². The molecule has 2 N–H and O–H groups in total. The number of amides is 3. The number of nitrogens with zero attached hydrogens (tertiary/aromatic N) is 5. The number of nitrogens with one attached hydrogen (secondary N) is 2. The van der Waals surface area contributed by atoms with Crippen molar-refractivity contribution in [3.8, 4) is 0 Å². The molecule has 2 aromatic heterocycles. The van der Waals surface area contributed by atoms with Crippen LogP contribution < -0.4 is 21.1 Å². The summed E-state index contributed by atoms with van der Waals surface area (Å²) in [4.78, 5) is 48.0. The topological polar surface area (TPSA) is 112 Å². The average Bonchev–Trinajstić information content (AvgIpc) is 2.75. The zero-order valence-corrected chi connectivity index (χ0v) is 19.2. The van der Waals surface area contributed by atoms with E-state index in [-0.39, 0.29) is 18.0 Å². The van der Waals surface area contributed by atoms with Crippen LogP contribution in [-0.4, -0.2) is 57.0 Å². The molecular formula is C21H26F3N7O3. The van der Waals surface area contributed by atoms with Gasteiger partial charge in [0.1, 0.15) is 11.5 Å². The van der Waals surface area contributed by atoms with E-state index in [2.05, 4.69) is 20.6 Å². The Bertz CT molecular complexity index is 1120. The van der Waals surface area contributed by atoms with Gasteiger partial charge < -0.3 is 25.0 Å². The highest BCUT2D eigenvalue weighted by Gasteiger charge is 2.33. The molecule has 2 aromatic rings. The number of carbonyl (C=O) groups excluding carboxylic acids is 2. The summed E-state index contributed by atoms with van der Waals surface area (Å²) in [6.45, 7) is 3.90. The third kappa shape index (κ3) is 5.64. The van der Waals surface area contributed by atoms with Crippen LogP contribution in [0.25, 0.3) is 0 Å². The number of hydrogen-bond donors (Lipinski definition) is 2. The van der Waals surface area contributed by atoms with Crippen LogP contribution in [-0.2, 0) is 18.0 Å². The monoisotopic (exact) mass is 481 g/mol. The molecule has 2 atom stereocenters. The molecule has 1 saturated heterocycles. The minimum Gasteiger partial charge on any atom is -0.352 e. The van der Waals surface area contributed by atoms with Crippen LogP contribution in [0.4, 0.5) is 35.3 Å². The number of anilines is 3. The summed E-state index contributed by atoms with van der Waals surface area (Å²) in [5.41, 5.74) is -2.20. The Morgan fingerprint density at radius 2 is 1.91 bits per heavy atom. The van der Waals surface area contributed by atoms with Gasteiger partial charge in [-0.25, -0.2) is 14.8 Å². The van der Waals surface area contributed by atoms with Gasteiger partial charge in [0.2, 0.25) is 5.91 Å². The molecule has 0 bridgehead atoms. The molecule has 3 rings (SSSR count). The zero-order valence-electron chi connectivity index (χ0n) is 19.2. The number of halogens is 3. The molecule has 0 unspecified atom stereocenters. The maximum absolute atomic E-state index is 13.1. The molecule has 1 fully saturated rings. The molecule has 0 radical (unpaired) electrons. The molecule has 3 heterocycles. The van der Waals surface area contributed by atoms with Crippen molar-refractivity contribution < 1.29 is 22.8 Å². The Balaban J connectivity index is 1.66. The van der Waals surface area contributed by atoms with Crippen molar-refractivity contribution in [1.82, 2.24) is 19.4 Å². The summed E-state index contributed by atoms with van der Waals surface area (Å²) in [5.74, 6) is 0.719. The fourth-order valence-corrected chi connectivity index (χ4v) is 3.88. The predicted molar refractivity (Wildman–Crippen MR) is 120 cm³/mol. The normalized spacial score (nSPS) is 18.4. The van der Waals surface area contributed by atoms with Gasteiger partial charge in [-0.2, -0.15) is 13.2 Å². The summed E-state index contributed by atoms with van der Waals surface area (Å²) < 4.78 is 40.1. The van der Waals surface area contributed by atoms with Gasteiger partial charge in [-0.15, -0.1) is 0 Å². The number of hydrogen-bond acceptors (Lipinski definition) is 6. The highest BCUT2D eigenvalue weighted by Crippen LogP contribution is 2.30. The molecule has 1 aliphatic rings. The van der Waals surface area contributed by atoms with Gasteiger partial charge in [0.25, 0.3) is 5.56 Å². The van der Waals surface area contributed by atoms with Gasteiger partial charge in [0, 0.05) is 45.8 Å². The number of aromatic nitrogens is 3. The van der Waals surface area contributed by atoms with Crippen molar-refractivity contribution in [1.29, 1.82) is 0 Å². The summed E-state index contributed by atoms with van der Waals surface area (Å²) in [6.07, 6.45) is 0.198. The molecule has 0 spiro atoms. The van der Waals surface area contributed by atoms with E-state index in [1.165, 1.54) is 25.1 Å². The summed E-state index contributed by atoms with van der Waals surface area (Å²) in [7, 11) is 2.74. The molecule has 0 aromatic carbocycles. The van der Waals surface area contributed by atoms with Crippen LogP contribution in [0.1, 0.15) is 32.3 Å². The van der Waals surface area contributed by atoms with E-state index in [4.69, 9.17) is 0 Å². The second-order valence-corrected chi connectivity index (χ2v) is 8.26. The molecular weight excluding hydrogens is 455 g/mol. The van der Waals surface area contributed by atoms with Gasteiger partial charge in [-0.05, 0) is 25.8 Å². The smallest absolute Gasteiger partial charge is 0.352 e. The first-order valence-corrected chi connectivity index (χ1v) is 10.5. The van der Waals surface area contributed by atoms with Crippen molar-refractivity contribution in [3.05, 3.63) is 40.6 Å². The maximum atomic E-state index is 13.1.